The van der Waals surface area contributed by atoms with E-state index in [0.717, 1.165) is 33.4 Å². The van der Waals surface area contributed by atoms with E-state index in [1.54, 1.807) is 0 Å². The molecule has 0 spiro atoms. The van der Waals surface area contributed by atoms with Gasteiger partial charge < -0.3 is 10.2 Å². The smallest absolute Gasteiger partial charge is 0.872 e. The van der Waals surface area contributed by atoms with Gasteiger partial charge in [0.15, 0.2) is 0 Å². The molecule has 0 saturated carbocycles. The van der Waals surface area contributed by atoms with E-state index in [9.17, 15) is 10.2 Å². The molecule has 4 aromatic rings. The Morgan fingerprint density at radius 1 is 0.395 bits per heavy atom. The molecule has 43 heavy (non-hydrogen) atoms. The molecule has 0 amide bonds. The van der Waals surface area contributed by atoms with E-state index in [1.807, 2.05) is 60.7 Å². The number of benzene rings is 4. The van der Waals surface area contributed by atoms with Gasteiger partial charge in [0.2, 0.25) is 0 Å². The van der Waals surface area contributed by atoms with Gasteiger partial charge in [-0.3, -0.25) is 0 Å². The Balaban J connectivity index is 0.000000293. The van der Waals surface area contributed by atoms with Crippen LogP contribution >= 0.6 is 0 Å². The van der Waals surface area contributed by atoms with Crippen molar-refractivity contribution in [1.29, 1.82) is 0 Å². The fraction of sp³-hybridized carbons (Fsp3) is 0.400. The van der Waals surface area contributed by atoms with Gasteiger partial charge in [-0.2, -0.15) is 0 Å². The predicted molar refractivity (Wildman–Crippen MR) is 183 cm³/mol. The Hall–Kier alpha value is -2.75. The molecule has 0 fully saturated rings. The maximum atomic E-state index is 12.9. The molecule has 0 bridgehead atoms. The second-order valence-electron chi connectivity index (χ2n) is 15.5. The van der Waals surface area contributed by atoms with Gasteiger partial charge in [0, 0.05) is 0 Å². The van der Waals surface area contributed by atoms with Crippen LogP contribution in [-0.4, -0.2) is 23.1 Å². The van der Waals surface area contributed by atoms with Gasteiger partial charge in [0.25, 0.3) is 0 Å². The largest absolute Gasteiger partial charge is 2.00 e. The molecular weight excluding hydrogens is 537 g/mol. The van der Waals surface area contributed by atoms with Gasteiger partial charge >= 0.3 is 23.1 Å². The Morgan fingerprint density at radius 3 is 0.907 bits per heavy atom. The van der Waals surface area contributed by atoms with Crippen LogP contribution in [0.15, 0.2) is 84.9 Å². The van der Waals surface area contributed by atoms with Gasteiger partial charge in [0.05, 0.1) is 0 Å². The summed E-state index contributed by atoms with van der Waals surface area (Å²) >= 11 is 0. The van der Waals surface area contributed by atoms with E-state index < -0.39 is 0 Å². The fourth-order valence-corrected chi connectivity index (χ4v) is 4.90. The van der Waals surface area contributed by atoms with Gasteiger partial charge in [-0.25, -0.2) is 0 Å². The summed E-state index contributed by atoms with van der Waals surface area (Å²) in [5.41, 5.74) is 7.59. The van der Waals surface area contributed by atoms with Gasteiger partial charge in [-0.1, -0.05) is 180 Å². The summed E-state index contributed by atoms with van der Waals surface area (Å²) in [4.78, 5) is 0. The first kappa shape index (κ1) is 36.4. The molecule has 0 aromatic heterocycles. The van der Waals surface area contributed by atoms with E-state index in [4.69, 9.17) is 0 Å². The van der Waals surface area contributed by atoms with Crippen LogP contribution in [0.5, 0.6) is 11.5 Å². The zero-order valence-electron chi connectivity index (χ0n) is 28.6. The van der Waals surface area contributed by atoms with Crippen LogP contribution in [0.4, 0.5) is 0 Å². The quantitative estimate of drug-likeness (QED) is 0.219. The third-order valence-corrected chi connectivity index (χ3v) is 7.70. The van der Waals surface area contributed by atoms with Crippen molar-refractivity contribution in [3.05, 3.63) is 107 Å². The van der Waals surface area contributed by atoms with Crippen LogP contribution < -0.4 is 10.2 Å². The van der Waals surface area contributed by atoms with E-state index in [0.29, 0.717) is 0 Å². The Kier molecular flexibility index (Phi) is 11.4. The topological polar surface area (TPSA) is 46.1 Å². The molecular formula is C40H50MgO2. The minimum absolute atomic E-state index is 0. The molecule has 0 saturated heterocycles. The summed E-state index contributed by atoms with van der Waals surface area (Å²) in [7, 11) is 0. The molecule has 2 nitrogen and oxygen atoms in total. The van der Waals surface area contributed by atoms with Crippen LogP contribution in [0.1, 0.15) is 105 Å². The third kappa shape index (κ3) is 9.12. The minimum atomic E-state index is -0.151. The zero-order chi connectivity index (χ0) is 31.7. The van der Waals surface area contributed by atoms with Gasteiger partial charge in [0.1, 0.15) is 0 Å². The predicted octanol–water partition coefficient (Wildman–Crippen LogP) is 9.66. The number of hydrogen-bond acceptors (Lipinski definition) is 2. The standard InChI is InChI=1S/2C20H26O.Mg/c2*1-19(2,3)15-12-16(14-10-8-7-9-11-14)18(21)17(13-15)20(4,5)6;/h2*7-13,21H,1-6H3;/q;;+2/p-2. The monoisotopic (exact) mass is 586 g/mol. The van der Waals surface area contributed by atoms with Crippen molar-refractivity contribution in [2.45, 2.75) is 105 Å². The van der Waals surface area contributed by atoms with Crippen molar-refractivity contribution < 1.29 is 10.2 Å². The van der Waals surface area contributed by atoms with Crippen molar-refractivity contribution >= 4 is 23.1 Å². The fourth-order valence-electron chi connectivity index (χ4n) is 4.90. The molecule has 0 aliphatic heterocycles. The molecule has 0 N–H and O–H groups in total. The average Bonchev–Trinajstić information content (AvgIpc) is 2.87. The van der Waals surface area contributed by atoms with Crippen LogP contribution in [0.3, 0.4) is 0 Å². The van der Waals surface area contributed by atoms with Crippen molar-refractivity contribution in [3.63, 3.8) is 0 Å². The number of hydrogen-bond donors (Lipinski definition) is 0. The van der Waals surface area contributed by atoms with Crippen molar-refractivity contribution in [3.8, 4) is 33.8 Å². The maximum absolute atomic E-state index is 12.9. The first-order valence-electron chi connectivity index (χ1n) is 15.0. The van der Waals surface area contributed by atoms with Gasteiger partial charge in [-0.15, -0.1) is 0 Å². The Labute approximate surface area is 277 Å². The summed E-state index contributed by atoms with van der Waals surface area (Å²) in [5.74, 6) is 0.309. The van der Waals surface area contributed by atoms with Crippen LogP contribution in [0.25, 0.3) is 22.3 Å². The second kappa shape index (κ2) is 13.5. The third-order valence-electron chi connectivity index (χ3n) is 7.70. The summed E-state index contributed by atoms with van der Waals surface area (Å²) in [6.45, 7) is 25.7. The normalized spacial score (nSPS) is 12.2. The molecule has 0 unspecified atom stereocenters. The maximum Gasteiger partial charge on any atom is 2.00 e. The Bertz CT molecular complexity index is 1370. The first-order valence-corrected chi connectivity index (χ1v) is 15.0. The van der Waals surface area contributed by atoms with E-state index in [-0.39, 0.29) is 56.2 Å². The molecule has 224 valence electrons. The molecule has 4 aromatic carbocycles. The second-order valence-corrected chi connectivity index (χ2v) is 15.5. The van der Waals surface area contributed by atoms with Crippen LogP contribution in [0, 0.1) is 0 Å². The average molecular weight is 587 g/mol. The van der Waals surface area contributed by atoms with Crippen molar-refractivity contribution in [1.82, 2.24) is 0 Å². The van der Waals surface area contributed by atoms with Crippen molar-refractivity contribution in [2.75, 3.05) is 0 Å². The van der Waals surface area contributed by atoms with Crippen LogP contribution in [0.2, 0.25) is 0 Å². The number of rotatable bonds is 2. The van der Waals surface area contributed by atoms with E-state index in [1.165, 1.54) is 11.1 Å². The van der Waals surface area contributed by atoms with Crippen molar-refractivity contribution in [2.24, 2.45) is 0 Å². The SMILES string of the molecule is CC(C)(C)c1cc(-c2ccccc2)c([O-])c(C(C)(C)C)c1.CC(C)(C)c1cc(-c2ccccc2)c([O-])c(C(C)(C)C)c1.[Mg+2]. The summed E-state index contributed by atoms with van der Waals surface area (Å²) in [6.07, 6.45) is 0. The summed E-state index contributed by atoms with van der Waals surface area (Å²) in [6, 6.07) is 28.2. The first-order chi connectivity index (χ1) is 19.2. The molecule has 0 atom stereocenters. The summed E-state index contributed by atoms with van der Waals surface area (Å²) in [5, 5.41) is 25.8. The van der Waals surface area contributed by atoms with E-state index >= 15 is 0 Å². The molecule has 4 rings (SSSR count). The molecule has 0 aliphatic rings. The van der Waals surface area contributed by atoms with Gasteiger partial charge in [-0.05, 0) is 66.2 Å². The molecule has 0 aliphatic carbocycles. The Morgan fingerprint density at radius 2 is 0.674 bits per heavy atom. The molecule has 3 heteroatoms. The molecule has 0 heterocycles. The zero-order valence-corrected chi connectivity index (χ0v) is 30.0. The molecule has 0 radical (unpaired) electrons. The summed E-state index contributed by atoms with van der Waals surface area (Å²) < 4.78 is 0. The van der Waals surface area contributed by atoms with Crippen LogP contribution in [-0.2, 0) is 21.7 Å². The minimum Gasteiger partial charge on any atom is -0.872 e. The van der Waals surface area contributed by atoms with E-state index in [2.05, 4.69) is 107 Å².